The van der Waals surface area contributed by atoms with Crippen LogP contribution in [0.25, 0.3) is 16.9 Å². The summed E-state index contributed by atoms with van der Waals surface area (Å²) in [4.78, 5) is 4.69. The summed E-state index contributed by atoms with van der Waals surface area (Å²) < 4.78 is 4.55. The van der Waals surface area contributed by atoms with E-state index in [1.807, 2.05) is 0 Å². The van der Waals surface area contributed by atoms with E-state index in [1.54, 1.807) is 0 Å². The van der Waals surface area contributed by atoms with Gasteiger partial charge in [0, 0.05) is 24.8 Å². The first-order valence-corrected chi connectivity index (χ1v) is 10.8. The normalized spacial score (nSPS) is 16.2. The SMILES string of the molecule is Cc1cn2c(n1)Cc1cc(C)c(-c3cc(CC4CCCCC4)cc[n+]3C)cc1-2. The van der Waals surface area contributed by atoms with Crippen LogP contribution in [-0.4, -0.2) is 9.55 Å². The summed E-state index contributed by atoms with van der Waals surface area (Å²) in [5.41, 5.74) is 9.29. The van der Waals surface area contributed by atoms with Gasteiger partial charge in [0.25, 0.3) is 0 Å². The first-order chi connectivity index (χ1) is 13.6. The number of imidazole rings is 1. The minimum atomic E-state index is 0.868. The molecule has 0 spiro atoms. The molecule has 0 saturated heterocycles. The molecule has 2 aromatic heterocycles. The third kappa shape index (κ3) is 3.07. The molecule has 0 N–H and O–H groups in total. The summed E-state index contributed by atoms with van der Waals surface area (Å²) in [6, 6.07) is 9.49. The Hall–Kier alpha value is -2.42. The van der Waals surface area contributed by atoms with Gasteiger partial charge >= 0.3 is 0 Å². The minimum absolute atomic E-state index is 0.868. The zero-order chi connectivity index (χ0) is 19.3. The molecule has 144 valence electrons. The fourth-order valence-corrected chi connectivity index (χ4v) is 5.18. The van der Waals surface area contributed by atoms with Gasteiger partial charge in [-0.15, -0.1) is 0 Å². The number of aryl methyl sites for hydroxylation is 3. The van der Waals surface area contributed by atoms with E-state index in [4.69, 9.17) is 4.98 Å². The smallest absolute Gasteiger partial charge is 0.212 e. The number of aromatic nitrogens is 3. The molecule has 0 bridgehead atoms. The Bertz CT molecular complexity index is 1040. The standard InChI is InChI=1S/C25H30N3/c1-17-11-21-14-25-26-18(2)16-28(25)23(21)15-22(17)24-13-20(9-10-27(24)3)12-19-7-5-4-6-8-19/h9-11,13,15-16,19H,4-8,12,14H2,1-3H3/q+1. The monoisotopic (exact) mass is 372 g/mol. The molecule has 3 nitrogen and oxygen atoms in total. The largest absolute Gasteiger partial charge is 0.303 e. The van der Waals surface area contributed by atoms with E-state index in [-0.39, 0.29) is 0 Å². The van der Waals surface area contributed by atoms with Crippen molar-refractivity contribution in [3.8, 4) is 16.9 Å². The summed E-state index contributed by atoms with van der Waals surface area (Å²) in [5, 5.41) is 0. The van der Waals surface area contributed by atoms with E-state index in [0.29, 0.717) is 0 Å². The van der Waals surface area contributed by atoms with Gasteiger partial charge in [-0.3, -0.25) is 0 Å². The van der Waals surface area contributed by atoms with Gasteiger partial charge in [-0.1, -0.05) is 38.2 Å². The molecule has 28 heavy (non-hydrogen) atoms. The molecule has 3 heteroatoms. The van der Waals surface area contributed by atoms with Crippen LogP contribution in [0.2, 0.25) is 0 Å². The van der Waals surface area contributed by atoms with E-state index in [0.717, 1.165) is 18.0 Å². The van der Waals surface area contributed by atoms with Crippen molar-refractivity contribution in [3.05, 3.63) is 64.9 Å². The van der Waals surface area contributed by atoms with Gasteiger partial charge in [-0.05, 0) is 48.9 Å². The van der Waals surface area contributed by atoms with Crippen molar-refractivity contribution in [2.24, 2.45) is 13.0 Å². The van der Waals surface area contributed by atoms with Gasteiger partial charge < -0.3 is 4.57 Å². The number of hydrogen-bond donors (Lipinski definition) is 0. The quantitative estimate of drug-likeness (QED) is 0.463. The molecule has 5 rings (SSSR count). The summed E-state index contributed by atoms with van der Waals surface area (Å²) in [5.74, 6) is 2.03. The molecule has 3 aromatic rings. The topological polar surface area (TPSA) is 21.7 Å². The van der Waals surface area contributed by atoms with E-state index >= 15 is 0 Å². The molecule has 1 aromatic carbocycles. The molecule has 1 fully saturated rings. The maximum absolute atomic E-state index is 4.69. The highest BCUT2D eigenvalue weighted by Crippen LogP contribution is 2.34. The van der Waals surface area contributed by atoms with E-state index < -0.39 is 0 Å². The van der Waals surface area contributed by atoms with Crippen LogP contribution in [-0.2, 0) is 19.9 Å². The maximum Gasteiger partial charge on any atom is 0.212 e. The Morgan fingerprint density at radius 2 is 1.93 bits per heavy atom. The van der Waals surface area contributed by atoms with Crippen molar-refractivity contribution in [3.63, 3.8) is 0 Å². The van der Waals surface area contributed by atoms with Crippen LogP contribution in [0.5, 0.6) is 0 Å². The Balaban J connectivity index is 1.53. The lowest BCUT2D eigenvalue weighted by Crippen LogP contribution is -2.31. The van der Waals surface area contributed by atoms with Crippen molar-refractivity contribution in [1.82, 2.24) is 9.55 Å². The Kier molecular flexibility index (Phi) is 4.34. The number of rotatable bonds is 3. The van der Waals surface area contributed by atoms with Crippen molar-refractivity contribution in [1.29, 1.82) is 0 Å². The average molecular weight is 373 g/mol. The fraction of sp³-hybridized carbons (Fsp3) is 0.440. The Morgan fingerprint density at radius 1 is 1.11 bits per heavy atom. The van der Waals surface area contributed by atoms with Gasteiger partial charge in [0.05, 0.1) is 16.9 Å². The molecule has 3 heterocycles. The van der Waals surface area contributed by atoms with Crippen LogP contribution in [0.3, 0.4) is 0 Å². The summed E-state index contributed by atoms with van der Waals surface area (Å²) in [6.45, 7) is 4.32. The van der Waals surface area contributed by atoms with Gasteiger partial charge in [0.15, 0.2) is 6.20 Å². The highest BCUT2D eigenvalue weighted by molar-refractivity contribution is 5.68. The Labute approximate surface area is 168 Å². The second-order valence-corrected chi connectivity index (χ2v) is 8.88. The molecule has 0 radical (unpaired) electrons. The lowest BCUT2D eigenvalue weighted by atomic mass is 9.85. The molecule has 2 aliphatic rings. The second kappa shape index (κ2) is 6.88. The third-order valence-corrected chi connectivity index (χ3v) is 6.67. The zero-order valence-corrected chi connectivity index (χ0v) is 17.3. The van der Waals surface area contributed by atoms with Crippen molar-refractivity contribution >= 4 is 0 Å². The maximum atomic E-state index is 4.69. The Morgan fingerprint density at radius 3 is 2.75 bits per heavy atom. The van der Waals surface area contributed by atoms with Crippen LogP contribution in [0.15, 0.2) is 36.7 Å². The number of hydrogen-bond acceptors (Lipinski definition) is 1. The van der Waals surface area contributed by atoms with Crippen LogP contribution >= 0.6 is 0 Å². The van der Waals surface area contributed by atoms with Gasteiger partial charge in [-0.2, -0.15) is 0 Å². The second-order valence-electron chi connectivity index (χ2n) is 8.88. The summed E-state index contributed by atoms with van der Waals surface area (Å²) in [7, 11) is 2.17. The molecule has 0 atom stereocenters. The minimum Gasteiger partial charge on any atom is -0.303 e. The first kappa shape index (κ1) is 17.7. The summed E-state index contributed by atoms with van der Waals surface area (Å²) >= 11 is 0. The highest BCUT2D eigenvalue weighted by Gasteiger charge is 2.24. The van der Waals surface area contributed by atoms with E-state index in [9.17, 15) is 0 Å². The molecule has 1 saturated carbocycles. The molecule has 0 amide bonds. The molecule has 1 aliphatic carbocycles. The molecular weight excluding hydrogens is 342 g/mol. The fourth-order valence-electron chi connectivity index (χ4n) is 5.18. The average Bonchev–Trinajstić information content (AvgIpc) is 3.19. The third-order valence-electron chi connectivity index (χ3n) is 6.67. The lowest BCUT2D eigenvalue weighted by molar-refractivity contribution is -0.660. The lowest BCUT2D eigenvalue weighted by Gasteiger charge is -2.21. The molecular formula is C25H30N3+. The van der Waals surface area contributed by atoms with Crippen LogP contribution in [0.1, 0.15) is 60.3 Å². The number of fused-ring (bicyclic) bond motifs is 3. The zero-order valence-electron chi connectivity index (χ0n) is 17.3. The summed E-state index contributed by atoms with van der Waals surface area (Å²) in [6.07, 6.45) is 13.6. The van der Waals surface area contributed by atoms with Gasteiger partial charge in [0.1, 0.15) is 12.9 Å². The highest BCUT2D eigenvalue weighted by atomic mass is 15.1. The van der Waals surface area contributed by atoms with Crippen molar-refractivity contribution < 1.29 is 4.57 Å². The van der Waals surface area contributed by atoms with Gasteiger partial charge in [0.2, 0.25) is 5.69 Å². The van der Waals surface area contributed by atoms with E-state index in [1.165, 1.54) is 78.0 Å². The van der Waals surface area contributed by atoms with Crippen LogP contribution in [0, 0.1) is 19.8 Å². The van der Waals surface area contributed by atoms with Gasteiger partial charge in [-0.25, -0.2) is 9.55 Å². The molecule has 1 aliphatic heterocycles. The number of pyridine rings is 1. The van der Waals surface area contributed by atoms with Crippen LogP contribution < -0.4 is 4.57 Å². The number of benzene rings is 1. The molecule has 0 unspecified atom stereocenters. The number of nitrogens with zero attached hydrogens (tertiary/aromatic N) is 3. The van der Waals surface area contributed by atoms with Crippen LogP contribution in [0.4, 0.5) is 0 Å². The van der Waals surface area contributed by atoms with Crippen molar-refractivity contribution in [2.75, 3.05) is 0 Å². The van der Waals surface area contributed by atoms with E-state index in [2.05, 4.69) is 66.7 Å². The first-order valence-electron chi connectivity index (χ1n) is 10.8. The predicted octanol–water partition coefficient (Wildman–Crippen LogP) is 5.01. The van der Waals surface area contributed by atoms with Crippen molar-refractivity contribution in [2.45, 2.75) is 58.8 Å². The predicted molar refractivity (Wildman–Crippen MR) is 113 cm³/mol.